The molecule has 2 aromatic heterocycles. The molecule has 0 atom stereocenters. The number of halogens is 1. The zero-order valence-electron chi connectivity index (χ0n) is 10.9. The van der Waals surface area contributed by atoms with Crippen molar-refractivity contribution in [3.05, 3.63) is 69.1 Å². The molecule has 21 heavy (non-hydrogen) atoms. The van der Waals surface area contributed by atoms with Crippen LogP contribution in [0.25, 0.3) is 5.65 Å². The Morgan fingerprint density at radius 3 is 2.95 bits per heavy atom. The number of aromatic nitrogens is 2. The maximum Gasteiger partial charge on any atom is 0.271 e. The van der Waals surface area contributed by atoms with E-state index in [-0.39, 0.29) is 5.69 Å². The number of benzene rings is 1. The molecule has 0 saturated heterocycles. The number of anilines is 1. The smallest absolute Gasteiger partial charge is 0.271 e. The van der Waals surface area contributed by atoms with Gasteiger partial charge in [0.1, 0.15) is 5.65 Å². The average molecular weight is 347 g/mol. The SMILES string of the molecule is O=[N+]([O-])c1ccc(Br)c(NCc2cn3ccccc3n2)c1. The molecule has 0 saturated carbocycles. The third-order valence-electron chi connectivity index (χ3n) is 3.03. The molecule has 7 heteroatoms. The third-order valence-corrected chi connectivity index (χ3v) is 3.73. The summed E-state index contributed by atoms with van der Waals surface area (Å²) in [6.45, 7) is 0.488. The zero-order valence-corrected chi connectivity index (χ0v) is 12.4. The highest BCUT2D eigenvalue weighted by atomic mass is 79.9. The number of imidazole rings is 1. The fourth-order valence-electron chi connectivity index (χ4n) is 2.02. The van der Waals surface area contributed by atoms with Crippen LogP contribution in [0.5, 0.6) is 0 Å². The number of fused-ring (bicyclic) bond motifs is 1. The average Bonchev–Trinajstić information content (AvgIpc) is 2.89. The highest BCUT2D eigenvalue weighted by Crippen LogP contribution is 2.27. The number of nitrogens with zero attached hydrogens (tertiary/aromatic N) is 3. The zero-order chi connectivity index (χ0) is 14.8. The van der Waals surface area contributed by atoms with Crippen LogP contribution in [0.3, 0.4) is 0 Å². The summed E-state index contributed by atoms with van der Waals surface area (Å²) < 4.78 is 2.70. The molecular formula is C14H11BrN4O2. The molecule has 106 valence electrons. The van der Waals surface area contributed by atoms with Gasteiger partial charge in [-0.25, -0.2) is 4.98 Å². The molecule has 1 aromatic carbocycles. The summed E-state index contributed by atoms with van der Waals surface area (Å²) in [4.78, 5) is 14.9. The summed E-state index contributed by atoms with van der Waals surface area (Å²) in [5, 5.41) is 14.0. The second-order valence-electron chi connectivity index (χ2n) is 4.47. The van der Waals surface area contributed by atoms with Crippen LogP contribution in [0.15, 0.2) is 53.3 Å². The van der Waals surface area contributed by atoms with E-state index in [1.54, 1.807) is 6.07 Å². The van der Waals surface area contributed by atoms with Crippen molar-refractivity contribution in [2.24, 2.45) is 0 Å². The normalized spacial score (nSPS) is 10.7. The molecule has 0 fully saturated rings. The Morgan fingerprint density at radius 2 is 2.19 bits per heavy atom. The van der Waals surface area contributed by atoms with E-state index in [1.807, 2.05) is 35.0 Å². The van der Waals surface area contributed by atoms with Crippen molar-refractivity contribution in [3.8, 4) is 0 Å². The summed E-state index contributed by atoms with van der Waals surface area (Å²) >= 11 is 3.38. The standard InChI is InChI=1S/C14H11BrN4O2/c15-12-5-4-11(19(20)21)7-13(12)16-8-10-9-18-6-2-1-3-14(18)17-10/h1-7,9,16H,8H2. The fraction of sp³-hybridized carbons (Fsp3) is 0.0714. The molecule has 0 amide bonds. The van der Waals surface area contributed by atoms with Crippen LogP contribution < -0.4 is 5.32 Å². The van der Waals surface area contributed by atoms with E-state index in [4.69, 9.17) is 0 Å². The van der Waals surface area contributed by atoms with E-state index in [9.17, 15) is 10.1 Å². The van der Waals surface area contributed by atoms with Gasteiger partial charge in [-0.15, -0.1) is 0 Å². The van der Waals surface area contributed by atoms with Crippen LogP contribution in [0, 0.1) is 10.1 Å². The molecule has 0 spiro atoms. The molecule has 3 aromatic rings. The van der Waals surface area contributed by atoms with Crippen LogP contribution in [0.4, 0.5) is 11.4 Å². The molecule has 0 aliphatic heterocycles. The Labute approximate surface area is 128 Å². The number of nitro groups is 1. The van der Waals surface area contributed by atoms with E-state index < -0.39 is 4.92 Å². The highest BCUT2D eigenvalue weighted by Gasteiger charge is 2.09. The van der Waals surface area contributed by atoms with E-state index in [1.165, 1.54) is 12.1 Å². The number of rotatable bonds is 4. The Kier molecular flexibility index (Phi) is 3.57. The van der Waals surface area contributed by atoms with Gasteiger partial charge in [-0.1, -0.05) is 6.07 Å². The number of nitrogens with one attached hydrogen (secondary N) is 1. The lowest BCUT2D eigenvalue weighted by molar-refractivity contribution is -0.384. The molecule has 0 bridgehead atoms. The van der Waals surface area contributed by atoms with Gasteiger partial charge in [-0.3, -0.25) is 10.1 Å². The summed E-state index contributed by atoms with van der Waals surface area (Å²) in [5.41, 5.74) is 2.45. The molecule has 0 radical (unpaired) electrons. The van der Waals surface area contributed by atoms with Crippen LogP contribution in [0.1, 0.15) is 5.69 Å². The first kappa shape index (κ1) is 13.6. The monoisotopic (exact) mass is 346 g/mol. The molecule has 2 heterocycles. The number of non-ortho nitro benzene ring substituents is 1. The molecule has 0 aliphatic rings. The Bertz CT molecular complexity index is 783. The number of pyridine rings is 1. The maximum atomic E-state index is 10.8. The predicted molar refractivity (Wildman–Crippen MR) is 83.3 cm³/mol. The summed E-state index contributed by atoms with van der Waals surface area (Å²) in [5.74, 6) is 0. The quantitative estimate of drug-likeness (QED) is 0.578. The van der Waals surface area contributed by atoms with Gasteiger partial charge in [0.25, 0.3) is 5.69 Å². The van der Waals surface area contributed by atoms with Gasteiger partial charge in [0, 0.05) is 29.0 Å². The van der Waals surface area contributed by atoms with Gasteiger partial charge in [-0.05, 0) is 34.1 Å². The van der Waals surface area contributed by atoms with Crippen LogP contribution >= 0.6 is 15.9 Å². The van der Waals surface area contributed by atoms with Crippen LogP contribution in [0.2, 0.25) is 0 Å². The number of hydrogen-bond donors (Lipinski definition) is 1. The number of nitro benzene ring substituents is 1. The van der Waals surface area contributed by atoms with Crippen LogP contribution in [-0.2, 0) is 6.54 Å². The summed E-state index contributed by atoms with van der Waals surface area (Å²) in [6, 6.07) is 10.4. The van der Waals surface area contributed by atoms with Gasteiger partial charge in [0.15, 0.2) is 0 Å². The van der Waals surface area contributed by atoms with Gasteiger partial charge in [-0.2, -0.15) is 0 Å². The van der Waals surface area contributed by atoms with E-state index in [2.05, 4.69) is 26.2 Å². The molecular weight excluding hydrogens is 336 g/mol. The van der Waals surface area contributed by atoms with Crippen molar-refractivity contribution in [1.29, 1.82) is 0 Å². The van der Waals surface area contributed by atoms with Crippen molar-refractivity contribution >= 4 is 33.0 Å². The lowest BCUT2D eigenvalue weighted by Gasteiger charge is -2.06. The first-order chi connectivity index (χ1) is 10.1. The predicted octanol–water partition coefficient (Wildman–Crippen LogP) is 3.62. The van der Waals surface area contributed by atoms with E-state index in [0.717, 1.165) is 15.8 Å². The fourth-order valence-corrected chi connectivity index (χ4v) is 2.41. The molecule has 0 unspecified atom stereocenters. The minimum Gasteiger partial charge on any atom is -0.378 e. The molecule has 6 nitrogen and oxygen atoms in total. The molecule has 0 aliphatic carbocycles. The lowest BCUT2D eigenvalue weighted by atomic mass is 10.3. The topological polar surface area (TPSA) is 72.5 Å². The third kappa shape index (κ3) is 2.87. The second-order valence-corrected chi connectivity index (χ2v) is 5.33. The molecule has 1 N–H and O–H groups in total. The Morgan fingerprint density at radius 1 is 1.33 bits per heavy atom. The summed E-state index contributed by atoms with van der Waals surface area (Å²) in [7, 11) is 0. The van der Waals surface area contributed by atoms with Crippen molar-refractivity contribution in [1.82, 2.24) is 9.38 Å². The maximum absolute atomic E-state index is 10.8. The van der Waals surface area contributed by atoms with Gasteiger partial charge < -0.3 is 9.72 Å². The van der Waals surface area contributed by atoms with Crippen molar-refractivity contribution in [2.75, 3.05) is 5.32 Å². The first-order valence-electron chi connectivity index (χ1n) is 6.24. The summed E-state index contributed by atoms with van der Waals surface area (Å²) in [6.07, 6.45) is 3.85. The Hall–Kier alpha value is -2.41. The van der Waals surface area contributed by atoms with Gasteiger partial charge in [0.05, 0.1) is 22.8 Å². The van der Waals surface area contributed by atoms with Crippen molar-refractivity contribution < 1.29 is 4.92 Å². The molecule has 3 rings (SSSR count). The number of hydrogen-bond acceptors (Lipinski definition) is 4. The lowest BCUT2D eigenvalue weighted by Crippen LogP contribution is -2.01. The Balaban J connectivity index is 1.80. The minimum atomic E-state index is -0.414. The van der Waals surface area contributed by atoms with E-state index in [0.29, 0.717) is 12.2 Å². The van der Waals surface area contributed by atoms with E-state index >= 15 is 0 Å². The largest absolute Gasteiger partial charge is 0.378 e. The van der Waals surface area contributed by atoms with Crippen LogP contribution in [-0.4, -0.2) is 14.3 Å². The van der Waals surface area contributed by atoms with Crippen molar-refractivity contribution in [3.63, 3.8) is 0 Å². The van der Waals surface area contributed by atoms with Gasteiger partial charge >= 0.3 is 0 Å². The van der Waals surface area contributed by atoms with Gasteiger partial charge in [0.2, 0.25) is 0 Å². The van der Waals surface area contributed by atoms with Crippen molar-refractivity contribution in [2.45, 2.75) is 6.54 Å². The second kappa shape index (κ2) is 5.53. The highest BCUT2D eigenvalue weighted by molar-refractivity contribution is 9.10. The minimum absolute atomic E-state index is 0.0516. The first-order valence-corrected chi connectivity index (χ1v) is 7.03.